The summed E-state index contributed by atoms with van der Waals surface area (Å²) in [5.41, 5.74) is 0.588. The van der Waals surface area contributed by atoms with Crippen LogP contribution in [0.1, 0.15) is 13.3 Å². The van der Waals surface area contributed by atoms with Crippen LogP contribution in [-0.2, 0) is 14.4 Å². The molecule has 9 heteroatoms. The Hall–Kier alpha value is -2.55. The maximum Gasteiger partial charge on any atom is 0.246 e. The lowest BCUT2D eigenvalue weighted by atomic mass is 10.2. The Morgan fingerprint density at radius 1 is 1.00 bits per heavy atom. The first kappa shape index (κ1) is 25.1. The van der Waals surface area contributed by atoms with Crippen LogP contribution in [0, 0.1) is 0 Å². The molecule has 0 radical (unpaired) electrons. The zero-order valence-corrected chi connectivity index (χ0v) is 20.2. The summed E-state index contributed by atoms with van der Waals surface area (Å²) < 4.78 is 0. The molecule has 3 rings (SSSR count). The van der Waals surface area contributed by atoms with E-state index in [2.05, 4.69) is 10.6 Å². The lowest BCUT2D eigenvalue weighted by Gasteiger charge is -2.26. The molecule has 176 valence electrons. The van der Waals surface area contributed by atoms with E-state index in [9.17, 15) is 14.4 Å². The van der Waals surface area contributed by atoms with E-state index in [4.69, 9.17) is 11.6 Å². The fourth-order valence-electron chi connectivity index (χ4n) is 3.64. The average Bonchev–Trinajstić information content (AvgIpc) is 3.03. The van der Waals surface area contributed by atoms with Crippen molar-refractivity contribution >= 4 is 46.8 Å². The largest absolute Gasteiger partial charge is 0.344 e. The molecule has 1 atom stereocenters. The molecule has 3 amide bonds. The maximum absolute atomic E-state index is 13.2. The number of nitrogens with one attached hydrogen (secondary N) is 2. The molecule has 1 aliphatic rings. The fraction of sp³-hybridized carbons (Fsp3) is 0.375. The van der Waals surface area contributed by atoms with Gasteiger partial charge in [0, 0.05) is 43.8 Å². The molecule has 0 saturated carbocycles. The number of amides is 3. The molecule has 1 fully saturated rings. The number of thioether (sulfide) groups is 1. The second-order valence-electron chi connectivity index (χ2n) is 7.86. The van der Waals surface area contributed by atoms with Crippen molar-refractivity contribution in [1.29, 1.82) is 0 Å². The molecule has 1 heterocycles. The molecule has 0 aromatic heterocycles. The highest BCUT2D eigenvalue weighted by Crippen LogP contribution is 2.21. The Bertz CT molecular complexity index is 960. The van der Waals surface area contributed by atoms with Gasteiger partial charge in [0.05, 0.1) is 17.3 Å². The van der Waals surface area contributed by atoms with E-state index in [0.717, 1.165) is 11.3 Å². The van der Waals surface area contributed by atoms with E-state index in [1.807, 2.05) is 47.4 Å². The topological polar surface area (TPSA) is 81.8 Å². The predicted molar refractivity (Wildman–Crippen MR) is 132 cm³/mol. The minimum atomic E-state index is -0.595. The minimum Gasteiger partial charge on any atom is -0.344 e. The average molecular weight is 489 g/mol. The summed E-state index contributed by atoms with van der Waals surface area (Å²) >= 11 is 7.66. The number of carbonyl (C=O) groups is 3. The summed E-state index contributed by atoms with van der Waals surface area (Å²) in [6.45, 7) is 4.04. The highest BCUT2D eigenvalue weighted by molar-refractivity contribution is 7.99. The summed E-state index contributed by atoms with van der Waals surface area (Å²) in [5, 5.41) is 6.14. The monoisotopic (exact) mass is 488 g/mol. The first-order chi connectivity index (χ1) is 15.9. The summed E-state index contributed by atoms with van der Waals surface area (Å²) in [6.07, 6.45) is 0.754. The van der Waals surface area contributed by atoms with E-state index in [0.29, 0.717) is 42.6 Å². The summed E-state index contributed by atoms with van der Waals surface area (Å²) in [7, 11) is 0. The Morgan fingerprint density at radius 3 is 2.45 bits per heavy atom. The van der Waals surface area contributed by atoms with Crippen LogP contribution in [0.15, 0.2) is 59.5 Å². The van der Waals surface area contributed by atoms with Gasteiger partial charge in [0.1, 0.15) is 6.04 Å². The molecule has 1 unspecified atom stereocenters. The predicted octanol–water partition coefficient (Wildman–Crippen LogP) is 3.11. The Labute approximate surface area is 203 Å². The first-order valence-electron chi connectivity index (χ1n) is 10.9. The lowest BCUT2D eigenvalue weighted by Crippen LogP contribution is -2.50. The van der Waals surface area contributed by atoms with Gasteiger partial charge in [0.15, 0.2) is 0 Å². The molecule has 0 bridgehead atoms. The standard InChI is InChI=1S/C24H29ClN4O3S/c1-18(30)26-22(17-33-19-8-3-2-4-9-19)24(32)29-13-7-12-28(14-15-29)16-23(31)27-21-11-6-5-10-20(21)25/h2-6,8-11,22H,7,12-17H2,1H3,(H,26,30)(H,27,31). The van der Waals surface area contributed by atoms with Gasteiger partial charge in [-0.3, -0.25) is 19.3 Å². The number of nitrogens with zero attached hydrogens (tertiary/aromatic N) is 2. The van der Waals surface area contributed by atoms with Crippen molar-refractivity contribution in [1.82, 2.24) is 15.1 Å². The number of rotatable bonds is 8. The van der Waals surface area contributed by atoms with Crippen molar-refractivity contribution in [2.24, 2.45) is 0 Å². The van der Waals surface area contributed by atoms with Crippen molar-refractivity contribution < 1.29 is 14.4 Å². The van der Waals surface area contributed by atoms with Gasteiger partial charge in [-0.1, -0.05) is 41.9 Å². The smallest absolute Gasteiger partial charge is 0.246 e. The molecule has 33 heavy (non-hydrogen) atoms. The van der Waals surface area contributed by atoms with Crippen LogP contribution >= 0.6 is 23.4 Å². The maximum atomic E-state index is 13.2. The number of para-hydroxylation sites is 1. The zero-order valence-electron chi connectivity index (χ0n) is 18.6. The number of anilines is 1. The fourth-order valence-corrected chi connectivity index (χ4v) is 4.76. The van der Waals surface area contributed by atoms with Crippen molar-refractivity contribution in [3.63, 3.8) is 0 Å². The molecular formula is C24H29ClN4O3S. The number of hydrogen-bond donors (Lipinski definition) is 2. The van der Waals surface area contributed by atoms with Crippen LogP contribution in [0.25, 0.3) is 0 Å². The third-order valence-electron chi connectivity index (χ3n) is 5.25. The molecule has 2 aromatic rings. The summed E-state index contributed by atoms with van der Waals surface area (Å²) in [6, 6.07) is 16.3. The van der Waals surface area contributed by atoms with Crippen LogP contribution in [0.5, 0.6) is 0 Å². The van der Waals surface area contributed by atoms with E-state index < -0.39 is 6.04 Å². The van der Waals surface area contributed by atoms with Gasteiger partial charge < -0.3 is 15.5 Å². The van der Waals surface area contributed by atoms with Crippen molar-refractivity contribution in [3.8, 4) is 0 Å². The third-order valence-corrected chi connectivity index (χ3v) is 6.69. The lowest BCUT2D eigenvalue weighted by molar-refractivity contribution is -0.135. The van der Waals surface area contributed by atoms with E-state index in [-0.39, 0.29) is 24.3 Å². The van der Waals surface area contributed by atoms with Crippen molar-refractivity contribution in [3.05, 3.63) is 59.6 Å². The van der Waals surface area contributed by atoms with Crippen molar-refractivity contribution in [2.75, 3.05) is 43.8 Å². The van der Waals surface area contributed by atoms with Gasteiger partial charge in [-0.15, -0.1) is 11.8 Å². The van der Waals surface area contributed by atoms with Crippen LogP contribution < -0.4 is 10.6 Å². The normalized spacial score (nSPS) is 15.4. The minimum absolute atomic E-state index is 0.0870. The summed E-state index contributed by atoms with van der Waals surface area (Å²) in [4.78, 5) is 42.3. The molecule has 1 saturated heterocycles. The second-order valence-corrected chi connectivity index (χ2v) is 9.36. The quantitative estimate of drug-likeness (QED) is 0.558. The Balaban J connectivity index is 1.53. The van der Waals surface area contributed by atoms with Gasteiger partial charge in [-0.05, 0) is 30.7 Å². The SMILES string of the molecule is CC(=O)NC(CSc1ccccc1)C(=O)N1CCCN(CC(=O)Nc2ccccc2Cl)CC1. The number of halogens is 1. The molecular weight excluding hydrogens is 460 g/mol. The highest BCUT2D eigenvalue weighted by atomic mass is 35.5. The summed E-state index contributed by atoms with van der Waals surface area (Å²) in [5.74, 6) is 0.00653. The Kier molecular flexibility index (Phi) is 9.60. The third kappa shape index (κ3) is 8.07. The van der Waals surface area contributed by atoms with Gasteiger partial charge in [0.25, 0.3) is 0 Å². The number of carbonyl (C=O) groups excluding carboxylic acids is 3. The first-order valence-corrected chi connectivity index (χ1v) is 12.3. The molecule has 7 nitrogen and oxygen atoms in total. The van der Waals surface area contributed by atoms with Crippen LogP contribution in [0.4, 0.5) is 5.69 Å². The van der Waals surface area contributed by atoms with Gasteiger partial charge in [-0.2, -0.15) is 0 Å². The molecule has 0 aliphatic carbocycles. The highest BCUT2D eigenvalue weighted by Gasteiger charge is 2.27. The van der Waals surface area contributed by atoms with Gasteiger partial charge in [0.2, 0.25) is 17.7 Å². The molecule has 2 N–H and O–H groups in total. The van der Waals surface area contributed by atoms with Crippen LogP contribution in [0.2, 0.25) is 5.02 Å². The van der Waals surface area contributed by atoms with Gasteiger partial charge >= 0.3 is 0 Å². The zero-order chi connectivity index (χ0) is 23.6. The second kappa shape index (κ2) is 12.6. The number of benzene rings is 2. The molecule has 2 aromatic carbocycles. The van der Waals surface area contributed by atoms with Crippen LogP contribution in [0.3, 0.4) is 0 Å². The van der Waals surface area contributed by atoms with E-state index in [1.54, 1.807) is 28.8 Å². The van der Waals surface area contributed by atoms with E-state index in [1.165, 1.54) is 6.92 Å². The number of hydrogen-bond acceptors (Lipinski definition) is 5. The molecule has 0 spiro atoms. The van der Waals surface area contributed by atoms with Crippen LogP contribution in [-0.4, -0.2) is 72.0 Å². The van der Waals surface area contributed by atoms with E-state index >= 15 is 0 Å². The van der Waals surface area contributed by atoms with Crippen molar-refractivity contribution in [2.45, 2.75) is 24.3 Å². The molecule has 1 aliphatic heterocycles. The van der Waals surface area contributed by atoms with Gasteiger partial charge in [-0.25, -0.2) is 0 Å². The Morgan fingerprint density at radius 2 is 1.73 bits per heavy atom.